The van der Waals surface area contributed by atoms with Crippen LogP contribution in [0.15, 0.2) is 4.99 Å². The van der Waals surface area contributed by atoms with Gasteiger partial charge in [-0.3, -0.25) is 4.99 Å². The van der Waals surface area contributed by atoms with Gasteiger partial charge in [0.2, 0.25) is 0 Å². The molecule has 1 heterocycles. The van der Waals surface area contributed by atoms with Crippen molar-refractivity contribution in [2.75, 3.05) is 12.3 Å². The van der Waals surface area contributed by atoms with Gasteiger partial charge >= 0.3 is 0 Å². The molecule has 2 aliphatic rings. The maximum Gasteiger partial charge on any atom is 0.156 e. The molecule has 2 fully saturated rings. The minimum Gasteiger partial charge on any atom is -0.361 e. The molecule has 1 aliphatic heterocycles. The van der Waals surface area contributed by atoms with Crippen molar-refractivity contribution in [1.29, 1.82) is 0 Å². The van der Waals surface area contributed by atoms with E-state index in [9.17, 15) is 0 Å². The van der Waals surface area contributed by atoms with Gasteiger partial charge in [0.05, 0.1) is 0 Å². The van der Waals surface area contributed by atoms with Gasteiger partial charge in [-0.05, 0) is 30.6 Å². The summed E-state index contributed by atoms with van der Waals surface area (Å²) in [4.78, 5) is 4.78. The smallest absolute Gasteiger partial charge is 0.156 e. The van der Waals surface area contributed by atoms with Gasteiger partial charge in [-0.25, -0.2) is 0 Å². The monoisotopic (exact) mass is 254 g/mol. The van der Waals surface area contributed by atoms with Crippen LogP contribution in [0.2, 0.25) is 0 Å². The number of hydrogen-bond acceptors (Lipinski definition) is 2. The molecule has 1 N–H and O–H groups in total. The minimum atomic E-state index is 0.653. The number of hydrogen-bond donors (Lipinski definition) is 1. The molecule has 2 rings (SSSR count). The van der Waals surface area contributed by atoms with Crippen LogP contribution in [0, 0.1) is 17.8 Å². The molecule has 0 aromatic rings. The highest BCUT2D eigenvalue weighted by Gasteiger charge is 2.24. The molecule has 0 spiro atoms. The number of nitrogens with one attached hydrogen (secondary N) is 1. The molecule has 3 atom stereocenters. The highest BCUT2D eigenvalue weighted by molar-refractivity contribution is 8.14. The summed E-state index contributed by atoms with van der Waals surface area (Å²) in [6.07, 6.45) is 5.48. The third-order valence-corrected chi connectivity index (χ3v) is 5.10. The maximum absolute atomic E-state index is 4.78. The number of amidine groups is 1. The Morgan fingerprint density at radius 1 is 1.41 bits per heavy atom. The Hall–Kier alpha value is -0.180. The van der Waals surface area contributed by atoms with Gasteiger partial charge in [0.1, 0.15) is 0 Å². The minimum absolute atomic E-state index is 0.653. The molecule has 3 unspecified atom stereocenters. The summed E-state index contributed by atoms with van der Waals surface area (Å²) in [6, 6.07) is 0.653. The highest BCUT2D eigenvalue weighted by atomic mass is 32.2. The van der Waals surface area contributed by atoms with Crippen molar-refractivity contribution < 1.29 is 0 Å². The van der Waals surface area contributed by atoms with E-state index in [1.54, 1.807) is 0 Å². The average molecular weight is 254 g/mol. The summed E-state index contributed by atoms with van der Waals surface area (Å²) in [5.41, 5.74) is 0. The van der Waals surface area contributed by atoms with Crippen LogP contribution < -0.4 is 5.32 Å². The predicted octanol–water partition coefficient (Wildman–Crippen LogP) is 3.53. The lowest BCUT2D eigenvalue weighted by molar-refractivity contribution is 0.429. The number of rotatable bonds is 4. The molecule has 1 saturated carbocycles. The predicted molar refractivity (Wildman–Crippen MR) is 77.6 cm³/mol. The molecule has 98 valence electrons. The number of thioether (sulfide) groups is 1. The first kappa shape index (κ1) is 13.3. The van der Waals surface area contributed by atoms with Gasteiger partial charge in [0, 0.05) is 18.3 Å². The normalized spacial score (nSPS) is 35.8. The Labute approximate surface area is 110 Å². The third kappa shape index (κ3) is 3.90. The van der Waals surface area contributed by atoms with Crippen LogP contribution in [0.1, 0.15) is 46.5 Å². The van der Waals surface area contributed by atoms with E-state index in [-0.39, 0.29) is 0 Å². The molecule has 1 saturated heterocycles. The van der Waals surface area contributed by atoms with Crippen molar-refractivity contribution in [3.05, 3.63) is 0 Å². The Bertz CT molecular complexity index is 275. The van der Waals surface area contributed by atoms with E-state index in [2.05, 4.69) is 26.1 Å². The van der Waals surface area contributed by atoms with Gasteiger partial charge in [-0.1, -0.05) is 45.4 Å². The van der Waals surface area contributed by atoms with Gasteiger partial charge in [0.15, 0.2) is 5.17 Å². The largest absolute Gasteiger partial charge is 0.361 e. The molecule has 0 radical (unpaired) electrons. The van der Waals surface area contributed by atoms with Gasteiger partial charge in [-0.2, -0.15) is 0 Å². The van der Waals surface area contributed by atoms with Crippen molar-refractivity contribution in [2.24, 2.45) is 22.7 Å². The maximum atomic E-state index is 4.78. The van der Waals surface area contributed by atoms with Crippen molar-refractivity contribution >= 4 is 16.9 Å². The quantitative estimate of drug-likeness (QED) is 0.830. The van der Waals surface area contributed by atoms with Crippen LogP contribution in [0.25, 0.3) is 0 Å². The average Bonchev–Trinajstić information content (AvgIpc) is 2.84. The van der Waals surface area contributed by atoms with Crippen molar-refractivity contribution in [2.45, 2.75) is 52.5 Å². The number of nitrogens with zero attached hydrogens (tertiary/aromatic N) is 1. The molecule has 0 aromatic carbocycles. The van der Waals surface area contributed by atoms with Crippen molar-refractivity contribution in [3.63, 3.8) is 0 Å². The molecular weight excluding hydrogens is 228 g/mol. The van der Waals surface area contributed by atoms with Gasteiger partial charge < -0.3 is 5.32 Å². The Morgan fingerprint density at radius 2 is 2.24 bits per heavy atom. The van der Waals surface area contributed by atoms with E-state index in [0.717, 1.165) is 24.3 Å². The van der Waals surface area contributed by atoms with Crippen LogP contribution in [0.3, 0.4) is 0 Å². The standard InChI is InChI=1S/C14H26N2S/c1-10(2)7-13-9-17-14(16-13)15-8-12-6-4-5-11(12)3/h10-13H,4-9H2,1-3H3,(H,15,16). The fourth-order valence-corrected chi connectivity index (χ4v) is 3.91. The van der Waals surface area contributed by atoms with Crippen LogP contribution in [0.4, 0.5) is 0 Å². The van der Waals surface area contributed by atoms with Crippen LogP contribution in [0.5, 0.6) is 0 Å². The second-order valence-corrected chi connectivity index (χ2v) is 7.10. The second kappa shape index (κ2) is 6.12. The fourth-order valence-electron chi connectivity index (χ4n) is 2.92. The zero-order valence-corrected chi connectivity index (χ0v) is 12.2. The van der Waals surface area contributed by atoms with Crippen LogP contribution >= 0.6 is 11.8 Å². The molecule has 0 aromatic heterocycles. The summed E-state index contributed by atoms with van der Waals surface area (Å²) in [5.74, 6) is 3.71. The molecule has 1 aliphatic carbocycles. The van der Waals surface area contributed by atoms with E-state index in [1.807, 2.05) is 11.8 Å². The molecule has 0 bridgehead atoms. The summed E-state index contributed by atoms with van der Waals surface area (Å²) >= 11 is 1.92. The second-order valence-electron chi connectivity index (χ2n) is 6.10. The van der Waals surface area contributed by atoms with E-state index in [1.165, 1.54) is 36.6 Å². The lowest BCUT2D eigenvalue weighted by Gasteiger charge is -2.13. The highest BCUT2D eigenvalue weighted by Crippen LogP contribution is 2.31. The molecule has 2 nitrogen and oxygen atoms in total. The fraction of sp³-hybridized carbons (Fsp3) is 0.929. The summed E-state index contributed by atoms with van der Waals surface area (Å²) < 4.78 is 0. The van der Waals surface area contributed by atoms with Crippen LogP contribution in [-0.2, 0) is 0 Å². The first-order valence-corrected chi connectivity index (χ1v) is 8.07. The SMILES string of the molecule is CC(C)CC1CSC(=NCC2CCCC2C)N1. The van der Waals surface area contributed by atoms with Crippen molar-refractivity contribution in [3.8, 4) is 0 Å². The Morgan fingerprint density at radius 3 is 2.88 bits per heavy atom. The summed E-state index contributed by atoms with van der Waals surface area (Å²) in [7, 11) is 0. The van der Waals surface area contributed by atoms with E-state index < -0.39 is 0 Å². The molecular formula is C14H26N2S. The number of aliphatic imine (C=N–C) groups is 1. The van der Waals surface area contributed by atoms with E-state index in [4.69, 9.17) is 4.99 Å². The molecule has 17 heavy (non-hydrogen) atoms. The van der Waals surface area contributed by atoms with Gasteiger partial charge in [-0.15, -0.1) is 0 Å². The summed E-state index contributed by atoms with van der Waals surface area (Å²) in [6.45, 7) is 8.02. The third-order valence-electron chi connectivity index (χ3n) is 4.01. The first-order valence-electron chi connectivity index (χ1n) is 7.09. The van der Waals surface area contributed by atoms with E-state index in [0.29, 0.717) is 6.04 Å². The Kier molecular flexibility index (Phi) is 4.78. The van der Waals surface area contributed by atoms with Gasteiger partial charge in [0.25, 0.3) is 0 Å². The lowest BCUT2D eigenvalue weighted by Crippen LogP contribution is -2.28. The topological polar surface area (TPSA) is 24.4 Å². The molecule has 3 heteroatoms. The van der Waals surface area contributed by atoms with E-state index >= 15 is 0 Å². The molecule has 0 amide bonds. The Balaban J connectivity index is 1.75. The van der Waals surface area contributed by atoms with Crippen molar-refractivity contribution in [1.82, 2.24) is 5.32 Å². The van der Waals surface area contributed by atoms with Crippen LogP contribution in [-0.4, -0.2) is 23.5 Å². The zero-order valence-electron chi connectivity index (χ0n) is 11.4. The summed E-state index contributed by atoms with van der Waals surface area (Å²) in [5, 5.41) is 4.78. The zero-order chi connectivity index (χ0) is 12.3. The lowest BCUT2D eigenvalue weighted by atomic mass is 9.99. The first-order chi connectivity index (χ1) is 8.15.